The van der Waals surface area contributed by atoms with E-state index < -0.39 is 0 Å². The first-order valence-electron chi connectivity index (χ1n) is 6.50. The van der Waals surface area contributed by atoms with Crippen molar-refractivity contribution in [2.75, 3.05) is 12.3 Å². The molecule has 3 nitrogen and oxygen atoms in total. The number of nitrogen functional groups attached to an aromatic ring is 1. The molecule has 96 valence electrons. The van der Waals surface area contributed by atoms with E-state index in [9.17, 15) is 0 Å². The van der Waals surface area contributed by atoms with Crippen molar-refractivity contribution in [1.29, 1.82) is 0 Å². The Morgan fingerprint density at radius 2 is 2.28 bits per heavy atom. The fourth-order valence-corrected chi connectivity index (χ4v) is 3.36. The molecule has 1 fully saturated rings. The third-order valence-electron chi connectivity index (χ3n) is 3.91. The maximum Gasteiger partial charge on any atom is 0.181 e. The van der Waals surface area contributed by atoms with E-state index in [1.54, 1.807) is 11.3 Å². The molecular formula is C14H19N3S. The number of anilines is 1. The average molecular weight is 261 g/mol. The van der Waals surface area contributed by atoms with Crippen LogP contribution < -0.4 is 11.1 Å². The highest BCUT2D eigenvalue weighted by Gasteiger charge is 2.30. The first kappa shape index (κ1) is 11.9. The lowest BCUT2D eigenvalue weighted by Crippen LogP contribution is -2.36. The number of aromatic nitrogens is 1. The monoisotopic (exact) mass is 261 g/mol. The molecular weight excluding hydrogens is 242 g/mol. The fraction of sp³-hybridized carbons (Fsp3) is 0.500. The van der Waals surface area contributed by atoms with Crippen molar-refractivity contribution in [2.45, 2.75) is 32.7 Å². The second kappa shape index (κ2) is 4.52. The second-order valence-electron chi connectivity index (χ2n) is 5.62. The molecule has 18 heavy (non-hydrogen) atoms. The Balaban J connectivity index is 1.63. The Morgan fingerprint density at radius 1 is 1.44 bits per heavy atom. The van der Waals surface area contributed by atoms with E-state index in [2.05, 4.69) is 35.4 Å². The summed E-state index contributed by atoms with van der Waals surface area (Å²) < 4.78 is 1.18. The van der Waals surface area contributed by atoms with Crippen LogP contribution in [0.15, 0.2) is 18.2 Å². The largest absolute Gasteiger partial charge is 0.375 e. The molecule has 1 aromatic heterocycles. The minimum atomic E-state index is 0.541. The number of hydrogen-bond donors (Lipinski definition) is 2. The van der Waals surface area contributed by atoms with Crippen LogP contribution in [0.3, 0.4) is 0 Å². The van der Waals surface area contributed by atoms with Gasteiger partial charge in [0, 0.05) is 13.1 Å². The summed E-state index contributed by atoms with van der Waals surface area (Å²) in [6.07, 6.45) is 4.12. The minimum Gasteiger partial charge on any atom is -0.375 e. The zero-order chi connectivity index (χ0) is 12.6. The van der Waals surface area contributed by atoms with Gasteiger partial charge in [0.2, 0.25) is 0 Å². The molecule has 0 radical (unpaired) electrons. The van der Waals surface area contributed by atoms with Crippen molar-refractivity contribution in [3.63, 3.8) is 0 Å². The lowest BCUT2D eigenvalue weighted by molar-refractivity contribution is 0.156. The highest BCUT2D eigenvalue weighted by molar-refractivity contribution is 7.22. The van der Waals surface area contributed by atoms with Crippen LogP contribution in [-0.2, 0) is 6.54 Å². The predicted molar refractivity (Wildman–Crippen MR) is 77.7 cm³/mol. The molecule has 0 unspecified atom stereocenters. The van der Waals surface area contributed by atoms with Gasteiger partial charge in [0.25, 0.3) is 0 Å². The van der Waals surface area contributed by atoms with Crippen molar-refractivity contribution in [3.05, 3.63) is 23.8 Å². The van der Waals surface area contributed by atoms with Crippen LogP contribution in [0.5, 0.6) is 0 Å². The molecule has 1 aliphatic carbocycles. The number of hydrogen-bond acceptors (Lipinski definition) is 4. The van der Waals surface area contributed by atoms with Gasteiger partial charge in [0.05, 0.1) is 10.2 Å². The van der Waals surface area contributed by atoms with Crippen LogP contribution in [0.1, 0.15) is 31.7 Å². The predicted octanol–water partition coefficient (Wildman–Crippen LogP) is 3.16. The van der Waals surface area contributed by atoms with Gasteiger partial charge in [0.15, 0.2) is 5.13 Å². The Bertz CT molecular complexity index is 557. The van der Waals surface area contributed by atoms with Gasteiger partial charge in [-0.2, -0.15) is 0 Å². The van der Waals surface area contributed by atoms with Gasteiger partial charge in [-0.1, -0.05) is 30.7 Å². The number of thiazole rings is 1. The number of nitrogens with two attached hydrogens (primary N) is 1. The van der Waals surface area contributed by atoms with Crippen molar-refractivity contribution in [2.24, 2.45) is 5.41 Å². The molecule has 1 aromatic carbocycles. The van der Waals surface area contributed by atoms with E-state index >= 15 is 0 Å². The lowest BCUT2D eigenvalue weighted by Gasteiger charge is -2.38. The molecule has 0 spiro atoms. The molecule has 0 amide bonds. The molecule has 1 saturated carbocycles. The van der Waals surface area contributed by atoms with Crippen molar-refractivity contribution in [3.8, 4) is 0 Å². The van der Waals surface area contributed by atoms with Crippen molar-refractivity contribution in [1.82, 2.24) is 10.3 Å². The second-order valence-corrected chi connectivity index (χ2v) is 6.68. The van der Waals surface area contributed by atoms with Gasteiger partial charge in [-0.05, 0) is 36.0 Å². The van der Waals surface area contributed by atoms with Crippen LogP contribution in [0.2, 0.25) is 0 Å². The molecule has 0 saturated heterocycles. The summed E-state index contributed by atoms with van der Waals surface area (Å²) in [5.41, 5.74) is 8.58. The summed E-state index contributed by atoms with van der Waals surface area (Å²) in [5.74, 6) is 0. The Morgan fingerprint density at radius 3 is 3.00 bits per heavy atom. The van der Waals surface area contributed by atoms with E-state index in [0.717, 1.165) is 18.6 Å². The highest BCUT2D eigenvalue weighted by Crippen LogP contribution is 2.39. The molecule has 0 bridgehead atoms. The number of rotatable bonds is 4. The maximum absolute atomic E-state index is 5.72. The third kappa shape index (κ3) is 2.35. The molecule has 0 atom stereocenters. The lowest BCUT2D eigenvalue weighted by atomic mass is 9.70. The Hall–Kier alpha value is -1.13. The van der Waals surface area contributed by atoms with Gasteiger partial charge in [-0.15, -0.1) is 0 Å². The minimum absolute atomic E-state index is 0.541. The average Bonchev–Trinajstić information content (AvgIpc) is 2.66. The zero-order valence-corrected chi connectivity index (χ0v) is 11.5. The molecule has 3 N–H and O–H groups in total. The summed E-state index contributed by atoms with van der Waals surface area (Å²) in [7, 11) is 0. The quantitative estimate of drug-likeness (QED) is 0.889. The first-order valence-corrected chi connectivity index (χ1v) is 7.32. The van der Waals surface area contributed by atoms with Crippen molar-refractivity contribution >= 4 is 26.7 Å². The number of benzene rings is 1. The van der Waals surface area contributed by atoms with E-state index in [4.69, 9.17) is 5.73 Å². The fourth-order valence-electron chi connectivity index (χ4n) is 2.56. The van der Waals surface area contributed by atoms with Gasteiger partial charge in [0.1, 0.15) is 0 Å². The first-order chi connectivity index (χ1) is 8.65. The molecule has 1 heterocycles. The van der Waals surface area contributed by atoms with Crippen LogP contribution in [-0.4, -0.2) is 11.5 Å². The topological polar surface area (TPSA) is 50.9 Å². The summed E-state index contributed by atoms with van der Waals surface area (Å²) in [5, 5.41) is 4.22. The van der Waals surface area contributed by atoms with Crippen molar-refractivity contribution < 1.29 is 0 Å². The van der Waals surface area contributed by atoms with Gasteiger partial charge in [-0.3, -0.25) is 0 Å². The van der Waals surface area contributed by atoms with Gasteiger partial charge >= 0.3 is 0 Å². The number of nitrogens with zero attached hydrogens (tertiary/aromatic N) is 1. The van der Waals surface area contributed by atoms with E-state index in [1.165, 1.54) is 29.5 Å². The molecule has 3 rings (SSSR count). The summed E-state index contributed by atoms with van der Waals surface area (Å²) in [6.45, 7) is 4.43. The van der Waals surface area contributed by atoms with Crippen LogP contribution >= 0.6 is 11.3 Å². The standard InChI is InChI=1S/C14H19N3S/c1-14(5-2-6-14)9-16-8-10-3-4-11-12(7-10)18-13(15)17-11/h3-4,7,16H,2,5-6,8-9H2,1H3,(H2,15,17). The summed E-state index contributed by atoms with van der Waals surface area (Å²) in [6, 6.07) is 6.39. The van der Waals surface area contributed by atoms with Crippen LogP contribution in [0, 0.1) is 5.41 Å². The molecule has 2 aromatic rings. The Kier molecular flexibility index (Phi) is 2.99. The normalized spacial score (nSPS) is 17.8. The van der Waals surface area contributed by atoms with Gasteiger partial charge < -0.3 is 11.1 Å². The number of nitrogens with one attached hydrogen (secondary N) is 1. The maximum atomic E-state index is 5.72. The van der Waals surface area contributed by atoms with E-state index in [0.29, 0.717) is 10.5 Å². The van der Waals surface area contributed by atoms with Crippen LogP contribution in [0.4, 0.5) is 5.13 Å². The molecule has 4 heteroatoms. The third-order valence-corrected chi connectivity index (χ3v) is 4.76. The van der Waals surface area contributed by atoms with Crippen LogP contribution in [0.25, 0.3) is 10.2 Å². The van der Waals surface area contributed by atoms with E-state index in [1.807, 2.05) is 0 Å². The molecule has 0 aliphatic heterocycles. The summed E-state index contributed by atoms with van der Waals surface area (Å²) in [4.78, 5) is 4.27. The molecule has 1 aliphatic rings. The zero-order valence-electron chi connectivity index (χ0n) is 10.7. The number of fused-ring (bicyclic) bond motifs is 1. The van der Waals surface area contributed by atoms with E-state index in [-0.39, 0.29) is 0 Å². The summed E-state index contributed by atoms with van der Waals surface area (Å²) >= 11 is 1.56. The SMILES string of the molecule is CC1(CNCc2ccc3nc(N)sc3c2)CCC1. The van der Waals surface area contributed by atoms with Gasteiger partial charge in [-0.25, -0.2) is 4.98 Å². The highest BCUT2D eigenvalue weighted by atomic mass is 32.1. The smallest absolute Gasteiger partial charge is 0.181 e. The Labute approximate surface area is 111 Å².